The molecule has 0 heterocycles. The van der Waals surface area contributed by atoms with Crippen LogP contribution in [0.15, 0.2) is 11.6 Å². The van der Waals surface area contributed by atoms with Crippen LogP contribution in [-0.4, -0.2) is 23.0 Å². The zero-order chi connectivity index (χ0) is 12.9. The quantitative estimate of drug-likeness (QED) is 0.721. The number of carbonyl (C=O) groups is 2. The van der Waals surface area contributed by atoms with E-state index in [1.54, 1.807) is 6.08 Å². The van der Waals surface area contributed by atoms with Gasteiger partial charge in [-0.2, -0.15) is 0 Å². The highest BCUT2D eigenvalue weighted by Gasteiger charge is 2.17. The summed E-state index contributed by atoms with van der Waals surface area (Å²) < 4.78 is 0. The van der Waals surface area contributed by atoms with Gasteiger partial charge >= 0.3 is 5.97 Å². The van der Waals surface area contributed by atoms with Crippen molar-refractivity contribution in [2.45, 2.75) is 47.1 Å². The molecule has 0 unspecified atom stereocenters. The Labute approximate surface area is 96.7 Å². The SMILES string of the molecule is CC(C)NC(=O)C(=CC(C)(C)C)CC(=O)O. The lowest BCUT2D eigenvalue weighted by molar-refractivity contribution is -0.137. The molecule has 0 radical (unpaired) electrons. The van der Waals surface area contributed by atoms with Crippen LogP contribution in [0.5, 0.6) is 0 Å². The van der Waals surface area contributed by atoms with Gasteiger partial charge in [0.1, 0.15) is 0 Å². The number of rotatable bonds is 4. The van der Waals surface area contributed by atoms with Gasteiger partial charge < -0.3 is 10.4 Å². The van der Waals surface area contributed by atoms with E-state index >= 15 is 0 Å². The van der Waals surface area contributed by atoms with E-state index in [-0.39, 0.29) is 23.8 Å². The number of nitrogens with one attached hydrogen (secondary N) is 1. The third-order valence-electron chi connectivity index (χ3n) is 1.66. The second-order valence-electron chi connectivity index (χ2n) is 5.23. The van der Waals surface area contributed by atoms with Crippen LogP contribution in [0.25, 0.3) is 0 Å². The van der Waals surface area contributed by atoms with Gasteiger partial charge in [-0.1, -0.05) is 26.8 Å². The highest BCUT2D eigenvalue weighted by Crippen LogP contribution is 2.19. The molecular formula is C12H21NO3. The molecule has 1 amide bonds. The molecule has 0 fully saturated rings. The van der Waals surface area contributed by atoms with Gasteiger partial charge in [0.15, 0.2) is 0 Å². The highest BCUT2D eigenvalue weighted by molar-refractivity contribution is 5.97. The molecular weight excluding hydrogens is 206 g/mol. The molecule has 0 rings (SSSR count). The van der Waals surface area contributed by atoms with Crippen molar-refractivity contribution in [3.05, 3.63) is 11.6 Å². The van der Waals surface area contributed by atoms with Crippen LogP contribution >= 0.6 is 0 Å². The van der Waals surface area contributed by atoms with Gasteiger partial charge in [0.25, 0.3) is 0 Å². The van der Waals surface area contributed by atoms with E-state index in [2.05, 4.69) is 5.32 Å². The molecule has 16 heavy (non-hydrogen) atoms. The number of amides is 1. The monoisotopic (exact) mass is 227 g/mol. The lowest BCUT2D eigenvalue weighted by Gasteiger charge is -2.16. The fourth-order valence-electron chi connectivity index (χ4n) is 1.24. The molecule has 0 spiro atoms. The van der Waals surface area contributed by atoms with Crippen LogP contribution < -0.4 is 5.32 Å². The molecule has 2 N–H and O–H groups in total. The predicted octanol–water partition coefficient (Wildman–Crippen LogP) is 1.96. The second-order valence-corrected chi connectivity index (χ2v) is 5.23. The number of carbonyl (C=O) groups excluding carboxylic acids is 1. The van der Waals surface area contributed by atoms with Crippen molar-refractivity contribution in [1.29, 1.82) is 0 Å². The number of hydrogen-bond donors (Lipinski definition) is 2. The van der Waals surface area contributed by atoms with E-state index in [0.717, 1.165) is 0 Å². The third-order valence-corrected chi connectivity index (χ3v) is 1.66. The first-order valence-corrected chi connectivity index (χ1v) is 5.36. The molecule has 0 aromatic heterocycles. The number of aliphatic carboxylic acids is 1. The first-order chi connectivity index (χ1) is 7.11. The lowest BCUT2D eigenvalue weighted by Crippen LogP contribution is -2.32. The van der Waals surface area contributed by atoms with E-state index in [0.29, 0.717) is 5.57 Å². The number of carboxylic acids is 1. The zero-order valence-electron chi connectivity index (χ0n) is 10.6. The summed E-state index contributed by atoms with van der Waals surface area (Å²) in [5, 5.41) is 11.4. The molecule has 0 aliphatic carbocycles. The van der Waals surface area contributed by atoms with Crippen LogP contribution in [0, 0.1) is 5.41 Å². The summed E-state index contributed by atoms with van der Waals surface area (Å²) in [5.41, 5.74) is 0.104. The number of allylic oxidation sites excluding steroid dienone is 1. The van der Waals surface area contributed by atoms with Gasteiger partial charge in [0.05, 0.1) is 6.42 Å². The number of carboxylic acid groups (broad SMARTS) is 1. The Kier molecular flexibility index (Phi) is 5.21. The van der Waals surface area contributed by atoms with Crippen LogP contribution in [0.3, 0.4) is 0 Å². The molecule has 0 aromatic carbocycles. The maximum Gasteiger partial charge on any atom is 0.308 e. The molecule has 0 aromatic rings. The molecule has 4 heteroatoms. The topological polar surface area (TPSA) is 66.4 Å². The smallest absolute Gasteiger partial charge is 0.308 e. The summed E-state index contributed by atoms with van der Waals surface area (Å²) in [6.07, 6.45) is 1.47. The molecule has 0 aliphatic heterocycles. The molecule has 0 saturated heterocycles. The van der Waals surface area contributed by atoms with Gasteiger partial charge in [-0.15, -0.1) is 0 Å². The van der Waals surface area contributed by atoms with Crippen molar-refractivity contribution in [3.63, 3.8) is 0 Å². The van der Waals surface area contributed by atoms with E-state index < -0.39 is 5.97 Å². The third kappa shape index (κ3) is 7.04. The molecule has 0 atom stereocenters. The molecule has 0 aliphatic rings. The van der Waals surface area contributed by atoms with Crippen molar-refractivity contribution in [1.82, 2.24) is 5.32 Å². The Balaban J connectivity index is 4.88. The Morgan fingerprint density at radius 3 is 2.12 bits per heavy atom. The standard InChI is InChI=1S/C12H21NO3/c1-8(2)13-11(16)9(6-10(14)15)7-12(3,4)5/h7-8H,6H2,1-5H3,(H,13,16)(H,14,15). The molecule has 4 nitrogen and oxygen atoms in total. The van der Waals surface area contributed by atoms with Crippen molar-refractivity contribution in [2.24, 2.45) is 5.41 Å². The van der Waals surface area contributed by atoms with Crippen molar-refractivity contribution in [3.8, 4) is 0 Å². The average molecular weight is 227 g/mol. The normalized spacial score (nSPS) is 12.8. The summed E-state index contributed by atoms with van der Waals surface area (Å²) in [7, 11) is 0. The first-order valence-electron chi connectivity index (χ1n) is 5.36. The Morgan fingerprint density at radius 2 is 1.81 bits per heavy atom. The molecule has 0 saturated carbocycles. The lowest BCUT2D eigenvalue weighted by atomic mass is 9.92. The zero-order valence-corrected chi connectivity index (χ0v) is 10.6. The van der Waals surface area contributed by atoms with Crippen molar-refractivity contribution < 1.29 is 14.7 Å². The number of hydrogen-bond acceptors (Lipinski definition) is 2. The van der Waals surface area contributed by atoms with Crippen LogP contribution in [0.4, 0.5) is 0 Å². The minimum absolute atomic E-state index is 0.00432. The van der Waals surface area contributed by atoms with E-state index in [9.17, 15) is 9.59 Å². The minimum Gasteiger partial charge on any atom is -0.481 e. The van der Waals surface area contributed by atoms with Gasteiger partial charge in [-0.05, 0) is 19.3 Å². The highest BCUT2D eigenvalue weighted by atomic mass is 16.4. The van der Waals surface area contributed by atoms with Gasteiger partial charge in [-0.25, -0.2) is 0 Å². The molecule has 92 valence electrons. The maximum atomic E-state index is 11.7. The summed E-state index contributed by atoms with van der Waals surface area (Å²) in [6.45, 7) is 9.47. The summed E-state index contributed by atoms with van der Waals surface area (Å²) in [4.78, 5) is 22.4. The summed E-state index contributed by atoms with van der Waals surface area (Å²) in [6, 6.07) is 0.00432. The molecule has 0 bridgehead atoms. The van der Waals surface area contributed by atoms with Crippen LogP contribution in [0.1, 0.15) is 41.0 Å². The predicted molar refractivity (Wildman–Crippen MR) is 63.1 cm³/mol. The fourth-order valence-corrected chi connectivity index (χ4v) is 1.24. The summed E-state index contributed by atoms with van der Waals surface area (Å²) in [5.74, 6) is -1.29. The van der Waals surface area contributed by atoms with Crippen molar-refractivity contribution in [2.75, 3.05) is 0 Å². The van der Waals surface area contributed by atoms with E-state index in [4.69, 9.17) is 5.11 Å². The average Bonchev–Trinajstić information content (AvgIpc) is 1.97. The Bertz CT molecular complexity index is 298. The maximum absolute atomic E-state index is 11.7. The Morgan fingerprint density at radius 1 is 1.31 bits per heavy atom. The van der Waals surface area contributed by atoms with Crippen LogP contribution in [-0.2, 0) is 9.59 Å². The Hall–Kier alpha value is -1.32. The minimum atomic E-state index is -0.991. The first kappa shape index (κ1) is 14.7. The van der Waals surface area contributed by atoms with Gasteiger partial charge in [0, 0.05) is 11.6 Å². The second kappa shape index (κ2) is 5.68. The van der Waals surface area contributed by atoms with E-state index in [1.807, 2.05) is 34.6 Å². The largest absolute Gasteiger partial charge is 0.481 e. The van der Waals surface area contributed by atoms with Gasteiger partial charge in [-0.3, -0.25) is 9.59 Å². The summed E-state index contributed by atoms with van der Waals surface area (Å²) >= 11 is 0. The van der Waals surface area contributed by atoms with Crippen molar-refractivity contribution >= 4 is 11.9 Å². The fraction of sp³-hybridized carbons (Fsp3) is 0.667. The van der Waals surface area contributed by atoms with Gasteiger partial charge in [0.2, 0.25) is 5.91 Å². The van der Waals surface area contributed by atoms with Crippen LogP contribution in [0.2, 0.25) is 0 Å². The van der Waals surface area contributed by atoms with E-state index in [1.165, 1.54) is 0 Å².